The number of methoxy groups -OCH3 is 2. The van der Waals surface area contributed by atoms with Crippen molar-refractivity contribution in [2.75, 3.05) is 19.5 Å². The molecular formula is C23H24N2O5S. The van der Waals surface area contributed by atoms with E-state index in [0.717, 1.165) is 5.56 Å². The predicted octanol–water partition coefficient (Wildman–Crippen LogP) is 3.23. The first-order chi connectivity index (χ1) is 14.9. The monoisotopic (exact) mass is 440 g/mol. The second-order valence-electron chi connectivity index (χ2n) is 6.73. The molecular weight excluding hydrogens is 416 g/mol. The minimum atomic E-state index is -3.96. The van der Waals surface area contributed by atoms with Crippen LogP contribution in [0.4, 0.5) is 5.69 Å². The van der Waals surface area contributed by atoms with E-state index in [2.05, 4.69) is 10.0 Å². The fraction of sp³-hybridized carbons (Fsp3) is 0.174. The van der Waals surface area contributed by atoms with Gasteiger partial charge in [-0.3, -0.25) is 4.79 Å². The number of hydrogen-bond donors (Lipinski definition) is 2. The van der Waals surface area contributed by atoms with Gasteiger partial charge in [0, 0.05) is 0 Å². The average molecular weight is 441 g/mol. The van der Waals surface area contributed by atoms with E-state index in [1.54, 1.807) is 36.4 Å². The molecule has 1 amide bonds. The molecule has 0 saturated heterocycles. The quantitative estimate of drug-likeness (QED) is 0.533. The number of rotatable bonds is 9. The van der Waals surface area contributed by atoms with Crippen LogP contribution < -0.4 is 19.5 Å². The van der Waals surface area contributed by atoms with Gasteiger partial charge in [-0.15, -0.1) is 0 Å². The molecule has 0 bridgehead atoms. The molecule has 0 fully saturated rings. The minimum Gasteiger partial charge on any atom is -0.497 e. The third-order valence-corrected chi connectivity index (χ3v) is 6.12. The van der Waals surface area contributed by atoms with Gasteiger partial charge in [-0.25, -0.2) is 8.42 Å². The number of sulfonamides is 1. The number of carbonyl (C=O) groups is 1. The van der Waals surface area contributed by atoms with Gasteiger partial charge in [0.05, 0.1) is 24.8 Å². The van der Waals surface area contributed by atoms with E-state index in [4.69, 9.17) is 9.47 Å². The highest BCUT2D eigenvalue weighted by atomic mass is 32.2. The van der Waals surface area contributed by atoms with Crippen LogP contribution in [0, 0.1) is 0 Å². The zero-order valence-electron chi connectivity index (χ0n) is 17.2. The van der Waals surface area contributed by atoms with E-state index >= 15 is 0 Å². The van der Waals surface area contributed by atoms with E-state index in [-0.39, 0.29) is 11.3 Å². The number of benzene rings is 3. The molecule has 3 aromatic carbocycles. The molecule has 0 aliphatic carbocycles. The Morgan fingerprint density at radius 3 is 2.16 bits per heavy atom. The molecule has 1 atom stereocenters. The zero-order chi connectivity index (χ0) is 22.3. The van der Waals surface area contributed by atoms with Gasteiger partial charge >= 0.3 is 0 Å². The Morgan fingerprint density at radius 1 is 0.871 bits per heavy atom. The van der Waals surface area contributed by atoms with Crippen molar-refractivity contribution in [3.05, 3.63) is 84.4 Å². The summed E-state index contributed by atoms with van der Waals surface area (Å²) < 4.78 is 38.8. The van der Waals surface area contributed by atoms with Gasteiger partial charge in [-0.2, -0.15) is 4.72 Å². The molecule has 0 saturated carbocycles. The zero-order valence-corrected chi connectivity index (χ0v) is 18.1. The Hall–Kier alpha value is -3.36. The number of ether oxygens (including phenoxy) is 2. The topological polar surface area (TPSA) is 93.7 Å². The first-order valence-electron chi connectivity index (χ1n) is 9.57. The Labute approximate surface area is 182 Å². The van der Waals surface area contributed by atoms with Gasteiger partial charge in [0.25, 0.3) is 0 Å². The van der Waals surface area contributed by atoms with Crippen LogP contribution in [0.25, 0.3) is 0 Å². The third kappa shape index (κ3) is 5.84. The minimum absolute atomic E-state index is 0.0384. The molecule has 0 spiro atoms. The highest BCUT2D eigenvalue weighted by Crippen LogP contribution is 2.24. The molecule has 0 radical (unpaired) electrons. The van der Waals surface area contributed by atoms with Gasteiger partial charge in [0.15, 0.2) is 0 Å². The molecule has 1 unspecified atom stereocenters. The van der Waals surface area contributed by atoms with Crippen LogP contribution in [0.2, 0.25) is 0 Å². The van der Waals surface area contributed by atoms with E-state index in [9.17, 15) is 13.2 Å². The second kappa shape index (κ2) is 10.1. The maximum Gasteiger partial charge on any atom is 0.243 e. The summed E-state index contributed by atoms with van der Waals surface area (Å²) in [5, 5.41) is 2.76. The van der Waals surface area contributed by atoms with Crippen LogP contribution in [0.3, 0.4) is 0 Å². The van der Waals surface area contributed by atoms with E-state index in [0.29, 0.717) is 17.2 Å². The van der Waals surface area contributed by atoms with Crippen molar-refractivity contribution in [3.63, 3.8) is 0 Å². The molecule has 0 aromatic heterocycles. The Balaban J connectivity index is 1.87. The standard InChI is InChI=1S/C23H24N2O5S/c1-29-18-12-14-19(15-13-18)31(27,28)25-21(16-17-8-4-3-5-9-17)23(26)24-20-10-6-7-11-22(20)30-2/h3-15,21,25H,16H2,1-2H3,(H,24,26). The van der Waals surface area contributed by atoms with Crippen LogP contribution in [0.1, 0.15) is 5.56 Å². The fourth-order valence-corrected chi connectivity index (χ4v) is 4.21. The van der Waals surface area contributed by atoms with Gasteiger partial charge in [0.1, 0.15) is 17.5 Å². The lowest BCUT2D eigenvalue weighted by molar-refractivity contribution is -0.117. The molecule has 3 aromatic rings. The van der Waals surface area contributed by atoms with Crippen molar-refractivity contribution in [2.45, 2.75) is 17.4 Å². The number of carbonyl (C=O) groups excluding carboxylic acids is 1. The molecule has 2 N–H and O–H groups in total. The van der Waals surface area contributed by atoms with E-state index < -0.39 is 22.0 Å². The Kier molecular flexibility index (Phi) is 7.28. The number of amides is 1. The largest absolute Gasteiger partial charge is 0.497 e. The molecule has 0 aliphatic heterocycles. The number of para-hydroxylation sites is 2. The first-order valence-corrected chi connectivity index (χ1v) is 11.1. The van der Waals surface area contributed by atoms with Gasteiger partial charge in [-0.1, -0.05) is 42.5 Å². The highest BCUT2D eigenvalue weighted by Gasteiger charge is 2.27. The summed E-state index contributed by atoms with van der Waals surface area (Å²) in [6, 6.07) is 21.1. The van der Waals surface area contributed by atoms with Crippen molar-refractivity contribution in [3.8, 4) is 11.5 Å². The summed E-state index contributed by atoms with van der Waals surface area (Å²) in [7, 11) is -0.957. The molecule has 7 nitrogen and oxygen atoms in total. The summed E-state index contributed by atoms with van der Waals surface area (Å²) in [6.45, 7) is 0. The fourth-order valence-electron chi connectivity index (χ4n) is 3.02. The molecule has 3 rings (SSSR count). The predicted molar refractivity (Wildman–Crippen MR) is 119 cm³/mol. The Bertz CT molecular complexity index is 1120. The molecule has 31 heavy (non-hydrogen) atoms. The van der Waals surface area contributed by atoms with Gasteiger partial charge < -0.3 is 14.8 Å². The summed E-state index contributed by atoms with van der Waals surface area (Å²) >= 11 is 0. The number of nitrogens with one attached hydrogen (secondary N) is 2. The smallest absolute Gasteiger partial charge is 0.243 e. The second-order valence-corrected chi connectivity index (χ2v) is 8.44. The number of hydrogen-bond acceptors (Lipinski definition) is 5. The van der Waals surface area contributed by atoms with Crippen molar-refractivity contribution in [2.24, 2.45) is 0 Å². The van der Waals surface area contributed by atoms with Gasteiger partial charge in [-0.05, 0) is 48.4 Å². The van der Waals surface area contributed by atoms with Crippen LogP contribution in [-0.4, -0.2) is 34.6 Å². The molecule has 162 valence electrons. The summed E-state index contributed by atoms with van der Waals surface area (Å²) in [5.74, 6) is 0.520. The summed E-state index contributed by atoms with van der Waals surface area (Å²) in [4.78, 5) is 13.1. The summed E-state index contributed by atoms with van der Waals surface area (Å²) in [6.07, 6.45) is 0.178. The van der Waals surface area contributed by atoms with Crippen molar-refractivity contribution in [1.29, 1.82) is 0 Å². The van der Waals surface area contributed by atoms with E-state index in [1.807, 2.05) is 30.3 Å². The van der Waals surface area contributed by atoms with E-state index in [1.165, 1.54) is 26.4 Å². The van der Waals surface area contributed by atoms with Crippen molar-refractivity contribution < 1.29 is 22.7 Å². The summed E-state index contributed by atoms with van der Waals surface area (Å²) in [5.41, 5.74) is 1.27. The van der Waals surface area contributed by atoms with Crippen LogP contribution in [0.5, 0.6) is 11.5 Å². The van der Waals surface area contributed by atoms with Crippen molar-refractivity contribution in [1.82, 2.24) is 4.72 Å². The lowest BCUT2D eigenvalue weighted by Crippen LogP contribution is -2.45. The third-order valence-electron chi connectivity index (χ3n) is 4.63. The van der Waals surface area contributed by atoms with Gasteiger partial charge in [0.2, 0.25) is 15.9 Å². The van der Waals surface area contributed by atoms with Crippen LogP contribution in [-0.2, 0) is 21.2 Å². The molecule has 8 heteroatoms. The highest BCUT2D eigenvalue weighted by molar-refractivity contribution is 7.89. The number of anilines is 1. The SMILES string of the molecule is COc1ccc(S(=O)(=O)NC(Cc2ccccc2)C(=O)Nc2ccccc2OC)cc1. The maximum absolute atomic E-state index is 13.1. The lowest BCUT2D eigenvalue weighted by Gasteiger charge is -2.20. The molecule has 0 aliphatic rings. The Morgan fingerprint density at radius 2 is 1.52 bits per heavy atom. The van der Waals surface area contributed by atoms with Crippen LogP contribution >= 0.6 is 0 Å². The lowest BCUT2D eigenvalue weighted by atomic mass is 10.1. The molecule has 0 heterocycles. The van der Waals surface area contributed by atoms with Crippen molar-refractivity contribution >= 4 is 21.6 Å². The van der Waals surface area contributed by atoms with Crippen LogP contribution in [0.15, 0.2) is 83.8 Å². The average Bonchev–Trinajstić information content (AvgIpc) is 2.79. The first kappa shape index (κ1) is 22.3. The normalized spacial score (nSPS) is 12.1. The maximum atomic E-state index is 13.1.